The number of aromatic nitrogens is 4. The summed E-state index contributed by atoms with van der Waals surface area (Å²) < 4.78 is 27.3. The number of nitrogens with one attached hydrogen (secondary N) is 1. The molecule has 0 saturated carbocycles. The molecule has 0 aliphatic rings. The van der Waals surface area contributed by atoms with E-state index in [2.05, 4.69) is 20.6 Å². The predicted octanol–water partition coefficient (Wildman–Crippen LogP) is 0.0452. The van der Waals surface area contributed by atoms with Crippen LogP contribution >= 0.6 is 0 Å². The zero-order chi connectivity index (χ0) is 15.3. The van der Waals surface area contributed by atoms with E-state index in [1.54, 1.807) is 18.3 Å². The van der Waals surface area contributed by atoms with Crippen LogP contribution in [0.4, 0.5) is 8.78 Å². The molecule has 2 aromatic heterocycles. The third kappa shape index (κ3) is 4.28. The molecule has 0 aliphatic heterocycles. The van der Waals surface area contributed by atoms with Gasteiger partial charge < -0.3 is 11.1 Å². The molecule has 9 heteroatoms. The lowest BCUT2D eigenvalue weighted by Gasteiger charge is -2.13. The molecule has 112 valence electrons. The van der Waals surface area contributed by atoms with Crippen molar-refractivity contribution in [3.8, 4) is 0 Å². The number of halogens is 2. The van der Waals surface area contributed by atoms with E-state index in [0.717, 1.165) is 5.69 Å². The molecule has 2 rings (SSSR count). The molecule has 0 fully saturated rings. The van der Waals surface area contributed by atoms with E-state index in [9.17, 15) is 13.6 Å². The molecular formula is C12H14F2N6O. The van der Waals surface area contributed by atoms with Gasteiger partial charge >= 0.3 is 0 Å². The number of rotatable bonds is 6. The second kappa shape index (κ2) is 6.35. The Kier molecular flexibility index (Phi) is 4.53. The summed E-state index contributed by atoms with van der Waals surface area (Å²) in [7, 11) is 0. The van der Waals surface area contributed by atoms with Gasteiger partial charge in [-0.05, 0) is 12.1 Å². The molecule has 3 N–H and O–H groups in total. The van der Waals surface area contributed by atoms with Crippen LogP contribution in [0, 0.1) is 0 Å². The molecule has 21 heavy (non-hydrogen) atoms. The highest BCUT2D eigenvalue weighted by Crippen LogP contribution is 2.09. The van der Waals surface area contributed by atoms with E-state index in [-0.39, 0.29) is 5.69 Å². The average molecular weight is 296 g/mol. The fourth-order valence-electron chi connectivity index (χ4n) is 1.51. The van der Waals surface area contributed by atoms with Crippen LogP contribution in [0.25, 0.3) is 0 Å². The molecule has 0 atom stereocenters. The van der Waals surface area contributed by atoms with Gasteiger partial charge in [0.1, 0.15) is 0 Å². The molecule has 0 aliphatic carbocycles. The first kappa shape index (κ1) is 15.0. The van der Waals surface area contributed by atoms with Crippen molar-refractivity contribution >= 4 is 5.91 Å². The SMILES string of the molecule is NCC(F)(F)CNC(=O)c1cn(Cc2ccccn2)nn1. The van der Waals surface area contributed by atoms with Gasteiger partial charge in [0, 0.05) is 6.20 Å². The molecule has 0 radical (unpaired) electrons. The van der Waals surface area contributed by atoms with Crippen molar-refractivity contribution in [1.82, 2.24) is 25.3 Å². The van der Waals surface area contributed by atoms with Gasteiger partial charge in [-0.1, -0.05) is 11.3 Å². The predicted molar refractivity (Wildman–Crippen MR) is 69.7 cm³/mol. The summed E-state index contributed by atoms with van der Waals surface area (Å²) in [5, 5.41) is 9.45. The molecule has 0 spiro atoms. The Hall–Kier alpha value is -2.42. The Morgan fingerprint density at radius 2 is 2.24 bits per heavy atom. The van der Waals surface area contributed by atoms with E-state index < -0.39 is 24.9 Å². The number of hydrogen-bond donors (Lipinski definition) is 2. The van der Waals surface area contributed by atoms with Crippen molar-refractivity contribution in [3.63, 3.8) is 0 Å². The number of nitrogens with zero attached hydrogens (tertiary/aromatic N) is 4. The summed E-state index contributed by atoms with van der Waals surface area (Å²) in [6.07, 6.45) is 3.00. The third-order valence-electron chi connectivity index (χ3n) is 2.63. The number of amides is 1. The number of carbonyl (C=O) groups is 1. The maximum Gasteiger partial charge on any atom is 0.277 e. The number of pyridine rings is 1. The Morgan fingerprint density at radius 1 is 1.43 bits per heavy atom. The van der Waals surface area contributed by atoms with Gasteiger partial charge in [-0.25, -0.2) is 13.5 Å². The lowest BCUT2D eigenvalue weighted by Crippen LogP contribution is -2.41. The summed E-state index contributed by atoms with van der Waals surface area (Å²) in [4.78, 5) is 15.8. The molecule has 7 nitrogen and oxygen atoms in total. The summed E-state index contributed by atoms with van der Waals surface area (Å²) in [5.74, 6) is -3.87. The molecular weight excluding hydrogens is 282 g/mol. The highest BCUT2D eigenvalue weighted by atomic mass is 19.3. The van der Waals surface area contributed by atoms with Gasteiger partial charge in [0.2, 0.25) is 0 Å². The Morgan fingerprint density at radius 3 is 2.90 bits per heavy atom. The second-order valence-electron chi connectivity index (χ2n) is 4.37. The van der Waals surface area contributed by atoms with E-state index in [1.807, 2.05) is 6.07 Å². The zero-order valence-corrected chi connectivity index (χ0v) is 11.0. The van der Waals surface area contributed by atoms with E-state index >= 15 is 0 Å². The van der Waals surface area contributed by atoms with Crippen LogP contribution < -0.4 is 11.1 Å². The molecule has 1 amide bonds. The van der Waals surface area contributed by atoms with Crippen molar-refractivity contribution in [2.45, 2.75) is 12.5 Å². The average Bonchev–Trinajstić information content (AvgIpc) is 2.94. The largest absolute Gasteiger partial charge is 0.344 e. The topological polar surface area (TPSA) is 98.7 Å². The molecule has 2 heterocycles. The maximum absolute atomic E-state index is 12.9. The molecule has 2 aromatic rings. The van der Waals surface area contributed by atoms with Gasteiger partial charge in [0.15, 0.2) is 5.69 Å². The highest BCUT2D eigenvalue weighted by molar-refractivity contribution is 5.91. The fraction of sp³-hybridized carbons (Fsp3) is 0.333. The second-order valence-corrected chi connectivity index (χ2v) is 4.37. The van der Waals surface area contributed by atoms with Crippen LogP contribution in [-0.2, 0) is 6.54 Å². The smallest absolute Gasteiger partial charge is 0.277 e. The van der Waals surface area contributed by atoms with E-state index in [0.29, 0.717) is 6.54 Å². The Balaban J connectivity index is 1.95. The van der Waals surface area contributed by atoms with Gasteiger partial charge in [-0.2, -0.15) is 0 Å². The van der Waals surface area contributed by atoms with E-state index in [1.165, 1.54) is 10.9 Å². The van der Waals surface area contributed by atoms with Gasteiger partial charge in [0.05, 0.1) is 31.5 Å². The van der Waals surface area contributed by atoms with Crippen LogP contribution in [0.1, 0.15) is 16.2 Å². The van der Waals surface area contributed by atoms with Crippen LogP contribution in [0.2, 0.25) is 0 Å². The Labute approximate surface area is 119 Å². The van der Waals surface area contributed by atoms with Crippen molar-refractivity contribution in [3.05, 3.63) is 42.0 Å². The first-order valence-corrected chi connectivity index (χ1v) is 6.16. The maximum atomic E-state index is 12.9. The van der Waals surface area contributed by atoms with Crippen LogP contribution in [0.15, 0.2) is 30.6 Å². The van der Waals surface area contributed by atoms with Crippen molar-refractivity contribution in [1.29, 1.82) is 0 Å². The first-order chi connectivity index (χ1) is 10.00. The zero-order valence-electron chi connectivity index (χ0n) is 11.0. The molecule has 0 bridgehead atoms. The van der Waals surface area contributed by atoms with Crippen LogP contribution in [-0.4, -0.2) is 44.9 Å². The summed E-state index contributed by atoms with van der Waals surface area (Å²) in [6.45, 7) is -1.34. The molecule has 0 aromatic carbocycles. The number of carbonyl (C=O) groups excluding carboxylic acids is 1. The number of nitrogens with two attached hydrogens (primary N) is 1. The summed E-state index contributed by atoms with van der Waals surface area (Å²) in [5.41, 5.74) is 5.58. The number of hydrogen-bond acceptors (Lipinski definition) is 5. The fourth-order valence-corrected chi connectivity index (χ4v) is 1.51. The minimum Gasteiger partial charge on any atom is -0.344 e. The monoisotopic (exact) mass is 296 g/mol. The molecule has 0 saturated heterocycles. The van der Waals surface area contributed by atoms with Gasteiger partial charge in [-0.3, -0.25) is 9.78 Å². The Bertz CT molecular complexity index is 601. The van der Waals surface area contributed by atoms with Crippen molar-refractivity contribution < 1.29 is 13.6 Å². The lowest BCUT2D eigenvalue weighted by atomic mass is 10.3. The van der Waals surface area contributed by atoms with E-state index in [4.69, 9.17) is 5.73 Å². The first-order valence-electron chi connectivity index (χ1n) is 6.16. The standard InChI is InChI=1S/C12H14F2N6O/c13-12(14,7-15)8-17-11(21)10-6-20(19-18-10)5-9-3-1-2-4-16-9/h1-4,6H,5,7-8,15H2,(H,17,21). The minimum atomic E-state index is -3.14. The quantitative estimate of drug-likeness (QED) is 0.784. The normalized spacial score (nSPS) is 11.4. The van der Waals surface area contributed by atoms with Gasteiger partial charge in [-0.15, -0.1) is 5.10 Å². The van der Waals surface area contributed by atoms with Crippen molar-refractivity contribution in [2.75, 3.05) is 13.1 Å². The minimum absolute atomic E-state index is 0.0428. The summed E-state index contributed by atoms with van der Waals surface area (Å²) in [6, 6.07) is 5.40. The molecule has 0 unspecified atom stereocenters. The third-order valence-corrected chi connectivity index (χ3v) is 2.63. The van der Waals surface area contributed by atoms with Crippen LogP contribution in [0.5, 0.6) is 0 Å². The van der Waals surface area contributed by atoms with Crippen LogP contribution in [0.3, 0.4) is 0 Å². The number of alkyl halides is 2. The summed E-state index contributed by atoms with van der Waals surface area (Å²) >= 11 is 0. The van der Waals surface area contributed by atoms with Crippen molar-refractivity contribution in [2.24, 2.45) is 5.73 Å². The lowest BCUT2D eigenvalue weighted by molar-refractivity contribution is 0.0118. The highest BCUT2D eigenvalue weighted by Gasteiger charge is 2.27. The van der Waals surface area contributed by atoms with Gasteiger partial charge in [0.25, 0.3) is 11.8 Å².